The Kier molecular flexibility index (Phi) is 6.11. The number of nitrogens with two attached hydrogens (primary N) is 1. The number of thioether (sulfide) groups is 1. The fourth-order valence-corrected chi connectivity index (χ4v) is 3.94. The van der Waals surface area contributed by atoms with Gasteiger partial charge in [0.25, 0.3) is 0 Å². The summed E-state index contributed by atoms with van der Waals surface area (Å²) in [4.78, 5) is 16.8. The minimum Gasteiger partial charge on any atom is -0.493 e. The molecule has 0 radical (unpaired) electrons. The third-order valence-corrected chi connectivity index (χ3v) is 5.31. The van der Waals surface area contributed by atoms with Crippen LogP contribution in [0.3, 0.4) is 0 Å². The quantitative estimate of drug-likeness (QED) is 0.622. The minimum atomic E-state index is -0.512. The number of carbonyl (C=O) groups is 1. The van der Waals surface area contributed by atoms with Gasteiger partial charge < -0.3 is 15.8 Å². The van der Waals surface area contributed by atoms with Crippen molar-refractivity contribution < 1.29 is 9.53 Å². The van der Waals surface area contributed by atoms with Gasteiger partial charge in [0.05, 0.1) is 12.2 Å². The molecule has 1 aromatic heterocycles. The summed E-state index contributed by atoms with van der Waals surface area (Å²) in [6, 6.07) is 5.23. The number of ether oxygens (including phenoxy) is 1. The van der Waals surface area contributed by atoms with Crippen molar-refractivity contribution in [3.05, 3.63) is 39.5 Å². The van der Waals surface area contributed by atoms with Crippen LogP contribution in [0.4, 0.5) is 5.95 Å². The maximum atomic E-state index is 12.3. The number of amides is 1. The second-order valence-electron chi connectivity index (χ2n) is 6.06. The summed E-state index contributed by atoms with van der Waals surface area (Å²) in [7, 11) is 0. The van der Waals surface area contributed by atoms with Crippen molar-refractivity contribution in [3.8, 4) is 5.75 Å². The van der Waals surface area contributed by atoms with E-state index < -0.39 is 11.9 Å². The van der Waals surface area contributed by atoms with E-state index in [1.54, 1.807) is 4.68 Å². The zero-order valence-electron chi connectivity index (χ0n) is 15.5. The van der Waals surface area contributed by atoms with Crippen LogP contribution in [-0.2, 0) is 4.79 Å². The first-order valence-electron chi connectivity index (χ1n) is 8.75. The molecule has 0 fully saturated rings. The molecule has 2 heterocycles. The highest BCUT2D eigenvalue weighted by Crippen LogP contribution is 2.40. The smallest absolute Gasteiger partial charge is 0.248 e. The molecule has 3 rings (SSSR count). The number of nitrogens with zero attached hydrogens (tertiary/aromatic N) is 3. The maximum Gasteiger partial charge on any atom is 0.248 e. The molecule has 1 atom stereocenters. The molecule has 1 amide bonds. The molecular weight excluding hydrogens is 430 g/mol. The molecule has 3 N–H and O–H groups in total. The third-order valence-electron chi connectivity index (χ3n) is 4.10. The molecule has 27 heavy (non-hydrogen) atoms. The Morgan fingerprint density at radius 2 is 2.22 bits per heavy atom. The van der Waals surface area contributed by atoms with Crippen molar-refractivity contribution in [3.63, 3.8) is 0 Å². The number of anilines is 1. The molecule has 9 heteroatoms. The Balaban J connectivity index is 2.19. The zero-order chi connectivity index (χ0) is 19.6. The number of halogens is 1. The van der Waals surface area contributed by atoms with Gasteiger partial charge in [0.1, 0.15) is 11.8 Å². The highest BCUT2D eigenvalue weighted by molar-refractivity contribution is 9.10. The molecule has 7 nitrogen and oxygen atoms in total. The summed E-state index contributed by atoms with van der Waals surface area (Å²) in [6.07, 6.45) is 0.880. The van der Waals surface area contributed by atoms with Crippen molar-refractivity contribution in [2.24, 2.45) is 5.73 Å². The summed E-state index contributed by atoms with van der Waals surface area (Å²) in [6.45, 7) is 6.49. The van der Waals surface area contributed by atoms with E-state index >= 15 is 0 Å². The molecule has 1 aliphatic rings. The van der Waals surface area contributed by atoms with Gasteiger partial charge in [-0.05, 0) is 37.3 Å². The summed E-state index contributed by atoms with van der Waals surface area (Å²) in [5.74, 6) is 1.63. The van der Waals surface area contributed by atoms with Gasteiger partial charge in [0.2, 0.25) is 17.0 Å². The Morgan fingerprint density at radius 3 is 2.89 bits per heavy atom. The van der Waals surface area contributed by atoms with E-state index in [1.807, 2.05) is 39.0 Å². The summed E-state index contributed by atoms with van der Waals surface area (Å²) in [5.41, 5.74) is 7.66. The number of allylic oxidation sites excluding steroid dienone is 1. The lowest BCUT2D eigenvalue weighted by atomic mass is 9.94. The van der Waals surface area contributed by atoms with Crippen LogP contribution in [0.25, 0.3) is 0 Å². The van der Waals surface area contributed by atoms with Gasteiger partial charge in [-0.25, -0.2) is 4.68 Å². The average Bonchev–Trinajstić information content (AvgIpc) is 3.01. The van der Waals surface area contributed by atoms with Crippen molar-refractivity contribution >= 4 is 39.5 Å². The van der Waals surface area contributed by atoms with Crippen LogP contribution >= 0.6 is 27.7 Å². The first-order valence-corrected chi connectivity index (χ1v) is 10.5. The summed E-state index contributed by atoms with van der Waals surface area (Å²) < 4.78 is 8.54. The predicted octanol–water partition coefficient (Wildman–Crippen LogP) is 3.72. The van der Waals surface area contributed by atoms with E-state index in [0.717, 1.165) is 22.2 Å². The first kappa shape index (κ1) is 19.8. The Labute approximate surface area is 170 Å². The molecule has 2 aromatic rings. The van der Waals surface area contributed by atoms with Gasteiger partial charge in [-0.1, -0.05) is 41.5 Å². The molecule has 1 aromatic carbocycles. The van der Waals surface area contributed by atoms with Crippen molar-refractivity contribution in [1.82, 2.24) is 14.8 Å². The molecule has 0 aliphatic carbocycles. The lowest BCUT2D eigenvalue weighted by Crippen LogP contribution is -2.32. The third kappa shape index (κ3) is 3.98. The van der Waals surface area contributed by atoms with Crippen LogP contribution in [0.2, 0.25) is 0 Å². The van der Waals surface area contributed by atoms with Gasteiger partial charge in [-0.3, -0.25) is 4.79 Å². The summed E-state index contributed by atoms with van der Waals surface area (Å²) in [5, 5.41) is 8.41. The number of primary amides is 1. The van der Waals surface area contributed by atoms with Crippen LogP contribution in [0.1, 0.15) is 38.8 Å². The van der Waals surface area contributed by atoms with Crippen LogP contribution in [0.5, 0.6) is 5.75 Å². The topological polar surface area (TPSA) is 95.1 Å². The van der Waals surface area contributed by atoms with E-state index in [4.69, 9.17) is 10.5 Å². The Bertz CT molecular complexity index is 896. The minimum absolute atomic E-state index is 0.444. The Hall–Kier alpha value is -2.00. The van der Waals surface area contributed by atoms with Crippen molar-refractivity contribution in [2.45, 2.75) is 38.4 Å². The number of rotatable bonds is 7. The SMILES string of the molecule is CCCOc1ccc(Br)cc1C1C(C(N)=O)=C(C)Nc2nc(SCC)nn21. The van der Waals surface area contributed by atoms with Crippen LogP contribution in [-0.4, -0.2) is 33.0 Å². The second kappa shape index (κ2) is 8.35. The second-order valence-corrected chi connectivity index (χ2v) is 8.20. The van der Waals surface area contributed by atoms with Gasteiger partial charge in [0.15, 0.2) is 0 Å². The van der Waals surface area contributed by atoms with E-state index in [9.17, 15) is 4.79 Å². The monoisotopic (exact) mass is 451 g/mol. The lowest BCUT2D eigenvalue weighted by Gasteiger charge is -2.29. The zero-order valence-corrected chi connectivity index (χ0v) is 17.9. The fourth-order valence-electron chi connectivity index (χ4n) is 3.00. The number of hydrogen-bond donors (Lipinski definition) is 2. The predicted molar refractivity (Wildman–Crippen MR) is 110 cm³/mol. The van der Waals surface area contributed by atoms with E-state index in [-0.39, 0.29) is 0 Å². The molecule has 144 valence electrons. The molecule has 1 unspecified atom stereocenters. The standard InChI is InChI=1S/C18H22BrN5O2S/c1-4-8-26-13-7-6-11(19)9-12(13)15-14(16(20)25)10(3)21-17-22-18(27-5-2)23-24(15)17/h6-7,9,15H,4-5,8H2,1-3H3,(H2,20,25)(H,21,22,23). The highest BCUT2D eigenvalue weighted by Gasteiger charge is 2.35. The molecule has 0 saturated carbocycles. The van der Waals surface area contributed by atoms with Crippen LogP contribution < -0.4 is 15.8 Å². The molecule has 0 saturated heterocycles. The van der Waals surface area contributed by atoms with Crippen LogP contribution in [0, 0.1) is 0 Å². The Morgan fingerprint density at radius 1 is 1.44 bits per heavy atom. The van der Waals surface area contributed by atoms with E-state index in [1.165, 1.54) is 11.8 Å². The lowest BCUT2D eigenvalue weighted by molar-refractivity contribution is -0.115. The normalized spacial score (nSPS) is 16.1. The largest absolute Gasteiger partial charge is 0.493 e. The summed E-state index contributed by atoms with van der Waals surface area (Å²) >= 11 is 5.06. The number of fused-ring (bicyclic) bond motifs is 1. The molecule has 0 bridgehead atoms. The van der Waals surface area contributed by atoms with Crippen molar-refractivity contribution in [2.75, 3.05) is 17.7 Å². The number of carbonyl (C=O) groups excluding carboxylic acids is 1. The molecule has 1 aliphatic heterocycles. The van der Waals surface area contributed by atoms with Gasteiger partial charge in [-0.15, -0.1) is 5.10 Å². The number of benzene rings is 1. The van der Waals surface area contributed by atoms with Gasteiger partial charge in [0, 0.05) is 15.7 Å². The van der Waals surface area contributed by atoms with E-state index in [0.29, 0.717) is 34.7 Å². The van der Waals surface area contributed by atoms with E-state index in [2.05, 4.69) is 31.3 Å². The molecule has 0 spiro atoms. The highest BCUT2D eigenvalue weighted by atomic mass is 79.9. The van der Waals surface area contributed by atoms with Gasteiger partial charge in [-0.2, -0.15) is 4.98 Å². The van der Waals surface area contributed by atoms with Crippen LogP contribution in [0.15, 0.2) is 39.1 Å². The average molecular weight is 452 g/mol. The number of hydrogen-bond acceptors (Lipinski definition) is 6. The first-order chi connectivity index (χ1) is 13.0. The van der Waals surface area contributed by atoms with Gasteiger partial charge >= 0.3 is 0 Å². The fraction of sp³-hybridized carbons (Fsp3) is 0.389. The number of aromatic nitrogens is 3. The van der Waals surface area contributed by atoms with Crippen molar-refractivity contribution in [1.29, 1.82) is 0 Å². The number of nitrogens with one attached hydrogen (secondary N) is 1. The maximum absolute atomic E-state index is 12.3. The molecular formula is C18H22BrN5O2S.